The maximum absolute atomic E-state index is 13.5. The molecule has 0 radical (unpaired) electrons. The molecular weight excluding hydrogens is 546 g/mol. The number of hydrogen-bond acceptors (Lipinski definition) is 9. The van der Waals surface area contributed by atoms with E-state index in [9.17, 15) is 28.7 Å². The maximum atomic E-state index is 13.5. The largest absolute Gasteiger partial charge is 0.458 e. The van der Waals surface area contributed by atoms with Crippen LogP contribution in [-0.4, -0.2) is 55.1 Å². The van der Waals surface area contributed by atoms with E-state index in [-0.39, 0.29) is 12.3 Å². The second-order valence-electron chi connectivity index (χ2n) is 9.70. The Morgan fingerprint density at radius 2 is 1.79 bits per heavy atom. The lowest BCUT2D eigenvalue weighted by Gasteiger charge is -2.49. The number of hydrogen-bond donors (Lipinski definition) is 1. The van der Waals surface area contributed by atoms with Crippen LogP contribution in [0.25, 0.3) is 0 Å². The molecule has 1 saturated heterocycles. The van der Waals surface area contributed by atoms with Gasteiger partial charge in [-0.15, -0.1) is 0 Å². The molecule has 3 rings (SSSR count). The number of esters is 1. The van der Waals surface area contributed by atoms with Gasteiger partial charge in [-0.25, -0.2) is 13.8 Å². The number of nitrogens with zero attached hydrogens (tertiary/aromatic N) is 2. The summed E-state index contributed by atoms with van der Waals surface area (Å²) in [5, 5.41) is 12.2. The Kier molecular flexibility index (Phi) is 9.51. The van der Waals surface area contributed by atoms with Crippen LogP contribution in [0.5, 0.6) is 0 Å². The predicted octanol–water partition coefficient (Wildman–Crippen LogP) is 4.10. The van der Waals surface area contributed by atoms with Crippen LogP contribution in [-0.2, 0) is 35.5 Å². The van der Waals surface area contributed by atoms with Gasteiger partial charge in [-0.1, -0.05) is 24.8 Å². The number of carbonyl (C=O) groups is 3. The second kappa shape index (κ2) is 12.4. The number of ether oxygens (including phenoxy) is 2. The fourth-order valence-electron chi connectivity index (χ4n) is 3.66. The normalized spacial score (nSPS) is 18.4. The van der Waals surface area contributed by atoms with E-state index < -0.39 is 55.8 Å². The Bertz CT molecular complexity index is 1280. The third kappa shape index (κ3) is 7.67. The first-order chi connectivity index (χ1) is 18.3. The van der Waals surface area contributed by atoms with Gasteiger partial charge >= 0.3 is 12.1 Å². The van der Waals surface area contributed by atoms with Crippen molar-refractivity contribution in [3.05, 3.63) is 82.4 Å². The minimum absolute atomic E-state index is 0.110. The highest BCUT2D eigenvalue weighted by Crippen LogP contribution is 2.36. The number of nitrogens with one attached hydrogen (secondary N) is 1. The number of amides is 2. The van der Waals surface area contributed by atoms with Gasteiger partial charge in [0.25, 0.3) is 11.6 Å². The first-order valence-electron chi connectivity index (χ1n) is 11.8. The molecule has 1 heterocycles. The van der Waals surface area contributed by atoms with Crippen molar-refractivity contribution in [3.8, 4) is 0 Å². The Labute approximate surface area is 231 Å². The molecule has 208 valence electrons. The van der Waals surface area contributed by atoms with Crippen LogP contribution in [0.1, 0.15) is 33.3 Å². The molecule has 0 bridgehead atoms. The van der Waals surface area contributed by atoms with E-state index in [4.69, 9.17) is 9.47 Å². The highest BCUT2D eigenvalue weighted by molar-refractivity contribution is 8.69. The number of non-ortho nitro benzene ring substituents is 1. The van der Waals surface area contributed by atoms with Gasteiger partial charge in [0.1, 0.15) is 33.5 Å². The van der Waals surface area contributed by atoms with E-state index in [1.165, 1.54) is 24.3 Å². The molecule has 1 fully saturated rings. The van der Waals surface area contributed by atoms with Crippen molar-refractivity contribution in [2.24, 2.45) is 0 Å². The van der Waals surface area contributed by atoms with Crippen molar-refractivity contribution < 1.29 is 33.0 Å². The van der Waals surface area contributed by atoms with Gasteiger partial charge in [0.2, 0.25) is 0 Å². The van der Waals surface area contributed by atoms with Gasteiger partial charge in [-0.3, -0.25) is 14.9 Å². The van der Waals surface area contributed by atoms with Gasteiger partial charge < -0.3 is 19.7 Å². The maximum Gasteiger partial charge on any atom is 0.408 e. The van der Waals surface area contributed by atoms with Crippen molar-refractivity contribution in [2.45, 2.75) is 62.3 Å². The SMILES string of the molecule is C=C(C)C(C(=O)OC(C)(C)C)N1C(=O)C(NC(=O)OCc2ccc([N+](=O)[O-])cc2)C1S(=O)Sc1ccccc1. The summed E-state index contributed by atoms with van der Waals surface area (Å²) in [5.41, 5.74) is -0.152. The number of benzene rings is 2. The summed E-state index contributed by atoms with van der Waals surface area (Å²) in [6.45, 7) is 10.2. The molecular formula is C26H29N3O8S2. The number of nitro benzene ring substituents is 1. The van der Waals surface area contributed by atoms with Crippen LogP contribution >= 0.6 is 10.8 Å². The molecule has 2 aromatic carbocycles. The van der Waals surface area contributed by atoms with E-state index in [2.05, 4.69) is 11.9 Å². The zero-order valence-corrected chi connectivity index (χ0v) is 23.5. The lowest BCUT2D eigenvalue weighted by Crippen LogP contribution is -2.75. The topological polar surface area (TPSA) is 145 Å². The van der Waals surface area contributed by atoms with Crippen molar-refractivity contribution in [1.29, 1.82) is 0 Å². The van der Waals surface area contributed by atoms with Gasteiger partial charge in [-0.05, 0) is 73.9 Å². The number of alkyl carbamates (subject to hydrolysis) is 1. The van der Waals surface area contributed by atoms with Gasteiger partial charge in [-0.2, -0.15) is 0 Å². The number of rotatable bonds is 10. The molecule has 0 aromatic heterocycles. The Hall–Kier alpha value is -3.71. The van der Waals surface area contributed by atoms with E-state index in [1.807, 2.05) is 0 Å². The van der Waals surface area contributed by atoms with Crippen LogP contribution in [0, 0.1) is 10.1 Å². The zero-order valence-electron chi connectivity index (χ0n) is 21.8. The fraction of sp³-hybridized carbons (Fsp3) is 0.346. The van der Waals surface area contributed by atoms with Crippen molar-refractivity contribution in [3.63, 3.8) is 0 Å². The molecule has 11 nitrogen and oxygen atoms in total. The van der Waals surface area contributed by atoms with E-state index >= 15 is 0 Å². The summed E-state index contributed by atoms with van der Waals surface area (Å²) in [4.78, 5) is 50.9. The molecule has 39 heavy (non-hydrogen) atoms. The number of nitro groups is 1. The highest BCUT2D eigenvalue weighted by Gasteiger charge is 2.57. The van der Waals surface area contributed by atoms with E-state index in [1.54, 1.807) is 58.0 Å². The van der Waals surface area contributed by atoms with Gasteiger partial charge in [0.05, 0.1) is 4.92 Å². The standard InChI is InChI=1S/C26H29N3O8S2/c1-16(2)21(24(31)37-26(3,4)5)28-22(30)20(23(28)39(35)38-19-9-7-6-8-10-19)27-25(32)36-15-17-11-13-18(14-12-17)29(33)34/h6-14,20-21,23H,1,15H2,2-5H3,(H,27,32). The van der Waals surface area contributed by atoms with Crippen LogP contribution in [0.3, 0.4) is 0 Å². The van der Waals surface area contributed by atoms with Crippen LogP contribution in [0.2, 0.25) is 0 Å². The summed E-state index contributed by atoms with van der Waals surface area (Å²) in [5.74, 6) is -1.37. The summed E-state index contributed by atoms with van der Waals surface area (Å²) < 4.78 is 24.2. The quantitative estimate of drug-likeness (QED) is 0.110. The zero-order chi connectivity index (χ0) is 28.9. The molecule has 2 amide bonds. The molecule has 1 N–H and O–H groups in total. The molecule has 1 aliphatic rings. The molecule has 0 saturated carbocycles. The Morgan fingerprint density at radius 3 is 2.33 bits per heavy atom. The van der Waals surface area contributed by atoms with Crippen molar-refractivity contribution in [1.82, 2.24) is 10.2 Å². The van der Waals surface area contributed by atoms with E-state index in [0.29, 0.717) is 16.0 Å². The lowest BCUT2D eigenvalue weighted by molar-refractivity contribution is -0.384. The van der Waals surface area contributed by atoms with Crippen LogP contribution in [0.4, 0.5) is 10.5 Å². The molecule has 0 spiro atoms. The van der Waals surface area contributed by atoms with Crippen molar-refractivity contribution in [2.75, 3.05) is 0 Å². The predicted molar refractivity (Wildman–Crippen MR) is 146 cm³/mol. The summed E-state index contributed by atoms with van der Waals surface area (Å²) in [6.07, 6.45) is -0.956. The lowest BCUT2D eigenvalue weighted by atomic mass is 9.99. The molecule has 4 unspecified atom stereocenters. The fourth-order valence-corrected chi connectivity index (χ4v) is 6.84. The number of likely N-dealkylation sites (tertiary alicyclic amines) is 1. The van der Waals surface area contributed by atoms with Gasteiger partial charge in [0.15, 0.2) is 6.04 Å². The number of carbonyl (C=O) groups excluding carboxylic acids is 3. The van der Waals surface area contributed by atoms with Gasteiger partial charge in [0, 0.05) is 17.0 Å². The number of β-lactam (4-membered cyclic amide) rings is 1. The van der Waals surface area contributed by atoms with E-state index in [0.717, 1.165) is 15.7 Å². The summed E-state index contributed by atoms with van der Waals surface area (Å²) >= 11 is 0. The smallest absolute Gasteiger partial charge is 0.408 e. The molecule has 1 aliphatic heterocycles. The average Bonchev–Trinajstić information content (AvgIpc) is 2.85. The molecule has 4 atom stereocenters. The molecule has 0 aliphatic carbocycles. The van der Waals surface area contributed by atoms with Crippen LogP contribution < -0.4 is 5.32 Å². The first kappa shape index (κ1) is 29.8. The summed E-state index contributed by atoms with van der Waals surface area (Å²) in [7, 11) is -0.830. The molecule has 2 aromatic rings. The highest BCUT2D eigenvalue weighted by atomic mass is 33.1. The Balaban J connectivity index is 1.78. The van der Waals surface area contributed by atoms with Crippen molar-refractivity contribution >= 4 is 44.3 Å². The monoisotopic (exact) mass is 575 g/mol. The second-order valence-corrected chi connectivity index (χ2v) is 12.8. The first-order valence-corrected chi connectivity index (χ1v) is 14.3. The Morgan fingerprint density at radius 1 is 1.18 bits per heavy atom. The summed E-state index contributed by atoms with van der Waals surface area (Å²) in [6, 6.07) is 11.8. The minimum atomic E-state index is -1.81. The molecule has 13 heteroatoms. The van der Waals surface area contributed by atoms with Crippen LogP contribution in [0.15, 0.2) is 71.6 Å². The minimum Gasteiger partial charge on any atom is -0.458 e. The average molecular weight is 576 g/mol. The third-order valence-electron chi connectivity index (χ3n) is 5.36. The third-order valence-corrected chi connectivity index (χ3v) is 8.55.